The van der Waals surface area contributed by atoms with Gasteiger partial charge < -0.3 is 15.0 Å². The van der Waals surface area contributed by atoms with Crippen LogP contribution in [0.25, 0.3) is 0 Å². The number of anilines is 2. The molecule has 0 radical (unpaired) electrons. The number of carbonyl (C=O) groups is 1. The highest BCUT2D eigenvalue weighted by Gasteiger charge is 2.32. The maximum absolute atomic E-state index is 13.4. The summed E-state index contributed by atoms with van der Waals surface area (Å²) in [5, 5.41) is 3.13. The SMILES string of the molecule is COc1cccc(N2CCN(S(=O)(=O)c3ccc4c(c3)CCN4C(=O)NC3CCCC3)CC2)c1. The fourth-order valence-electron chi connectivity index (χ4n) is 5.22. The number of sulfonamides is 1. The molecular weight excluding hydrogens is 452 g/mol. The van der Waals surface area contributed by atoms with E-state index in [1.165, 1.54) is 0 Å². The number of benzene rings is 2. The van der Waals surface area contributed by atoms with Gasteiger partial charge in [0.2, 0.25) is 10.0 Å². The van der Waals surface area contributed by atoms with Gasteiger partial charge in [0.25, 0.3) is 0 Å². The highest BCUT2D eigenvalue weighted by atomic mass is 32.2. The number of hydrogen-bond acceptors (Lipinski definition) is 5. The third-order valence-electron chi connectivity index (χ3n) is 7.17. The molecule has 2 aromatic carbocycles. The van der Waals surface area contributed by atoms with Gasteiger partial charge in [0.05, 0.1) is 12.0 Å². The van der Waals surface area contributed by atoms with Crippen molar-refractivity contribution < 1.29 is 17.9 Å². The van der Waals surface area contributed by atoms with E-state index in [-0.39, 0.29) is 12.1 Å². The van der Waals surface area contributed by atoms with E-state index in [2.05, 4.69) is 10.2 Å². The zero-order chi connectivity index (χ0) is 23.7. The molecule has 2 amide bonds. The van der Waals surface area contributed by atoms with E-state index < -0.39 is 10.0 Å². The monoisotopic (exact) mass is 484 g/mol. The quantitative estimate of drug-likeness (QED) is 0.705. The normalized spacial score (nSPS) is 19.3. The van der Waals surface area contributed by atoms with Gasteiger partial charge in [-0.2, -0.15) is 4.31 Å². The Balaban J connectivity index is 1.25. The molecule has 1 aliphatic carbocycles. The van der Waals surface area contributed by atoms with Gasteiger partial charge in [-0.05, 0) is 55.2 Å². The summed E-state index contributed by atoms with van der Waals surface area (Å²) in [6.45, 7) is 2.66. The maximum atomic E-state index is 13.4. The molecule has 1 N–H and O–H groups in total. The lowest BCUT2D eigenvalue weighted by molar-refractivity contribution is 0.243. The second-order valence-corrected chi connectivity index (χ2v) is 11.2. The summed E-state index contributed by atoms with van der Waals surface area (Å²) in [5.74, 6) is 0.789. The van der Waals surface area contributed by atoms with Crippen molar-refractivity contribution in [3.8, 4) is 5.75 Å². The summed E-state index contributed by atoms with van der Waals surface area (Å²) < 4.78 is 33.6. The van der Waals surface area contributed by atoms with Crippen molar-refractivity contribution >= 4 is 27.4 Å². The van der Waals surface area contributed by atoms with E-state index >= 15 is 0 Å². The summed E-state index contributed by atoms with van der Waals surface area (Å²) in [6, 6.07) is 13.2. The summed E-state index contributed by atoms with van der Waals surface area (Å²) in [7, 11) is -1.96. The zero-order valence-corrected chi connectivity index (χ0v) is 20.4. The fraction of sp³-hybridized carbons (Fsp3) is 0.480. The standard InChI is InChI=1S/C25H32N4O4S/c1-33-22-8-4-7-21(18-22)27-13-15-28(16-14-27)34(31,32)23-9-10-24-19(17-23)11-12-29(24)25(30)26-20-5-2-3-6-20/h4,7-10,17-18,20H,2-3,5-6,11-16H2,1H3,(H,26,30). The smallest absolute Gasteiger partial charge is 0.322 e. The molecule has 9 heteroatoms. The van der Waals surface area contributed by atoms with Crippen LogP contribution in [0.2, 0.25) is 0 Å². The van der Waals surface area contributed by atoms with Gasteiger partial charge in [-0.3, -0.25) is 4.90 Å². The number of methoxy groups -OCH3 is 1. The molecule has 2 aliphatic heterocycles. The first kappa shape index (κ1) is 23.0. The lowest BCUT2D eigenvalue weighted by Crippen LogP contribution is -2.48. The second-order valence-electron chi connectivity index (χ2n) is 9.22. The van der Waals surface area contributed by atoms with Crippen molar-refractivity contribution in [2.45, 2.75) is 43.0 Å². The molecule has 2 fully saturated rings. The number of fused-ring (bicyclic) bond motifs is 1. The van der Waals surface area contributed by atoms with Crippen molar-refractivity contribution in [2.75, 3.05) is 49.6 Å². The maximum Gasteiger partial charge on any atom is 0.322 e. The predicted octanol–water partition coefficient (Wildman–Crippen LogP) is 3.22. The summed E-state index contributed by atoms with van der Waals surface area (Å²) in [5.41, 5.74) is 2.76. The molecule has 3 aliphatic rings. The topological polar surface area (TPSA) is 82.2 Å². The number of urea groups is 1. The van der Waals surface area contributed by atoms with Crippen molar-refractivity contribution in [2.24, 2.45) is 0 Å². The number of hydrogen-bond donors (Lipinski definition) is 1. The third kappa shape index (κ3) is 4.46. The van der Waals surface area contributed by atoms with Gasteiger partial charge in [0, 0.05) is 56.2 Å². The first-order valence-electron chi connectivity index (χ1n) is 12.1. The highest BCUT2D eigenvalue weighted by molar-refractivity contribution is 7.89. The van der Waals surface area contributed by atoms with Crippen LogP contribution in [0.3, 0.4) is 0 Å². The second kappa shape index (κ2) is 9.46. The van der Waals surface area contributed by atoms with Crippen LogP contribution < -0.4 is 19.9 Å². The van der Waals surface area contributed by atoms with Gasteiger partial charge in [-0.15, -0.1) is 0 Å². The largest absolute Gasteiger partial charge is 0.497 e. The van der Waals surface area contributed by atoms with Gasteiger partial charge in [0.15, 0.2) is 0 Å². The van der Waals surface area contributed by atoms with Crippen molar-refractivity contribution in [1.29, 1.82) is 0 Å². The minimum absolute atomic E-state index is 0.0741. The molecule has 5 rings (SSSR count). The number of ether oxygens (including phenoxy) is 1. The number of carbonyl (C=O) groups excluding carboxylic acids is 1. The van der Waals surface area contributed by atoms with Gasteiger partial charge in [-0.1, -0.05) is 18.9 Å². The van der Waals surface area contributed by atoms with Gasteiger partial charge in [0.1, 0.15) is 5.75 Å². The van der Waals surface area contributed by atoms with Crippen LogP contribution in [0, 0.1) is 0 Å². The highest BCUT2D eigenvalue weighted by Crippen LogP contribution is 2.32. The van der Waals surface area contributed by atoms with Crippen LogP contribution in [0.5, 0.6) is 5.75 Å². The molecule has 2 aromatic rings. The van der Waals surface area contributed by atoms with Crippen LogP contribution in [-0.4, -0.2) is 64.6 Å². The Kier molecular flexibility index (Phi) is 6.40. The molecule has 0 bridgehead atoms. The van der Waals surface area contributed by atoms with Gasteiger partial charge >= 0.3 is 6.03 Å². The van der Waals surface area contributed by atoms with E-state index in [0.717, 1.165) is 48.4 Å². The van der Waals surface area contributed by atoms with Gasteiger partial charge in [-0.25, -0.2) is 13.2 Å². The number of nitrogens with zero attached hydrogens (tertiary/aromatic N) is 3. The van der Waals surface area contributed by atoms with E-state index in [4.69, 9.17) is 4.74 Å². The fourth-order valence-corrected chi connectivity index (χ4v) is 6.69. The van der Waals surface area contributed by atoms with Crippen molar-refractivity contribution in [1.82, 2.24) is 9.62 Å². The lowest BCUT2D eigenvalue weighted by atomic mass is 10.2. The van der Waals surface area contributed by atoms with Crippen LogP contribution in [0.15, 0.2) is 47.4 Å². The van der Waals surface area contributed by atoms with E-state index in [1.54, 1.807) is 34.5 Å². The average Bonchev–Trinajstić information content (AvgIpc) is 3.53. The Morgan fingerprint density at radius 1 is 1.00 bits per heavy atom. The number of nitrogens with one attached hydrogen (secondary N) is 1. The molecule has 34 heavy (non-hydrogen) atoms. The number of piperazine rings is 1. The van der Waals surface area contributed by atoms with E-state index in [1.807, 2.05) is 24.3 Å². The molecule has 2 heterocycles. The molecule has 0 atom stereocenters. The van der Waals surface area contributed by atoms with Crippen LogP contribution in [0.1, 0.15) is 31.2 Å². The first-order chi connectivity index (χ1) is 16.5. The Labute approximate surface area is 201 Å². The third-order valence-corrected chi connectivity index (χ3v) is 9.06. The molecular formula is C25H32N4O4S. The summed E-state index contributed by atoms with van der Waals surface area (Å²) in [4.78, 5) is 17.0. The Morgan fingerprint density at radius 3 is 2.50 bits per heavy atom. The zero-order valence-electron chi connectivity index (χ0n) is 19.6. The van der Waals surface area contributed by atoms with E-state index in [9.17, 15) is 13.2 Å². The summed E-state index contributed by atoms with van der Waals surface area (Å²) in [6.07, 6.45) is 5.07. The molecule has 0 unspecified atom stereocenters. The van der Waals surface area contributed by atoms with E-state index in [0.29, 0.717) is 44.0 Å². The number of amides is 2. The molecule has 1 saturated carbocycles. The molecule has 1 saturated heterocycles. The minimum atomic E-state index is -3.60. The minimum Gasteiger partial charge on any atom is -0.497 e. The molecule has 8 nitrogen and oxygen atoms in total. The average molecular weight is 485 g/mol. The number of rotatable bonds is 5. The Morgan fingerprint density at radius 2 is 1.76 bits per heavy atom. The molecule has 0 spiro atoms. The first-order valence-corrected chi connectivity index (χ1v) is 13.5. The van der Waals surface area contributed by atoms with Crippen LogP contribution in [-0.2, 0) is 16.4 Å². The molecule has 0 aromatic heterocycles. The Bertz CT molecular complexity index is 1160. The predicted molar refractivity (Wildman–Crippen MR) is 132 cm³/mol. The van der Waals surface area contributed by atoms with Crippen molar-refractivity contribution in [3.05, 3.63) is 48.0 Å². The Hall–Kier alpha value is -2.78. The van der Waals surface area contributed by atoms with Crippen molar-refractivity contribution in [3.63, 3.8) is 0 Å². The summed E-state index contributed by atoms with van der Waals surface area (Å²) >= 11 is 0. The lowest BCUT2D eigenvalue weighted by Gasteiger charge is -2.35. The van der Waals surface area contributed by atoms with Crippen LogP contribution >= 0.6 is 0 Å². The molecule has 182 valence electrons. The van der Waals surface area contributed by atoms with Crippen LogP contribution in [0.4, 0.5) is 16.2 Å².